The third kappa shape index (κ3) is 3.03. The number of imide groups is 2. The number of carbonyl (C=O) groups is 3. The lowest BCUT2D eigenvalue weighted by atomic mass is 9.67. The van der Waals surface area contributed by atoms with Crippen molar-refractivity contribution in [3.05, 3.63) is 33.9 Å². The Balaban J connectivity index is 1.85. The minimum Gasteiger partial charge on any atom is -0.367 e. The fourth-order valence-corrected chi connectivity index (χ4v) is 5.11. The van der Waals surface area contributed by atoms with E-state index >= 15 is 0 Å². The van der Waals surface area contributed by atoms with E-state index in [1.54, 1.807) is 6.07 Å². The number of benzene rings is 1. The third-order valence-electron chi connectivity index (χ3n) is 6.61. The normalized spacial score (nSPS) is 26.2. The molecule has 1 spiro atoms. The topological polar surface area (TPSA) is 113 Å². The minimum absolute atomic E-state index is 0.0613. The summed E-state index contributed by atoms with van der Waals surface area (Å²) < 4.78 is 0. The van der Waals surface area contributed by atoms with Gasteiger partial charge in [-0.1, -0.05) is 26.2 Å². The number of hydrogen-bond donors (Lipinski definition) is 1. The first-order chi connectivity index (χ1) is 14.4. The third-order valence-corrected chi connectivity index (χ3v) is 6.61. The van der Waals surface area contributed by atoms with Gasteiger partial charge < -0.3 is 4.90 Å². The van der Waals surface area contributed by atoms with Crippen LogP contribution >= 0.6 is 0 Å². The minimum atomic E-state index is -1.45. The summed E-state index contributed by atoms with van der Waals surface area (Å²) in [5.41, 5.74) is -0.0695. The molecular formula is C21H26N4O5. The van der Waals surface area contributed by atoms with Gasteiger partial charge in [-0.25, -0.2) is 4.79 Å². The Hall–Kier alpha value is -2.97. The molecule has 4 rings (SSSR count). The van der Waals surface area contributed by atoms with Gasteiger partial charge in [0.15, 0.2) is 5.41 Å². The number of barbiturate groups is 1. The largest absolute Gasteiger partial charge is 0.367 e. The highest BCUT2D eigenvalue weighted by Gasteiger charge is 2.61. The van der Waals surface area contributed by atoms with Crippen LogP contribution in [0, 0.1) is 15.5 Å². The number of non-ortho nitro benzene ring substituents is 1. The Kier molecular flexibility index (Phi) is 5.21. The maximum absolute atomic E-state index is 13.7. The number of unbranched alkanes of at least 4 members (excludes halogenated alkanes) is 1. The van der Waals surface area contributed by atoms with Crippen LogP contribution in [-0.4, -0.2) is 46.8 Å². The van der Waals surface area contributed by atoms with Gasteiger partial charge >= 0.3 is 6.03 Å². The number of nitrogens with one attached hydrogen (secondary N) is 1. The molecule has 0 saturated carbocycles. The molecule has 4 amide bonds. The first-order valence-corrected chi connectivity index (χ1v) is 10.6. The Morgan fingerprint density at radius 1 is 1.23 bits per heavy atom. The molecule has 3 aliphatic heterocycles. The van der Waals surface area contributed by atoms with E-state index in [9.17, 15) is 24.5 Å². The maximum Gasteiger partial charge on any atom is 0.330 e. The van der Waals surface area contributed by atoms with Crippen LogP contribution in [0.5, 0.6) is 0 Å². The zero-order valence-electron chi connectivity index (χ0n) is 17.1. The van der Waals surface area contributed by atoms with Crippen molar-refractivity contribution in [2.45, 2.75) is 57.9 Å². The van der Waals surface area contributed by atoms with Crippen LogP contribution in [0.25, 0.3) is 0 Å². The van der Waals surface area contributed by atoms with Gasteiger partial charge in [-0.2, -0.15) is 0 Å². The quantitative estimate of drug-likeness (QED) is 0.460. The Morgan fingerprint density at radius 3 is 2.77 bits per heavy atom. The predicted molar refractivity (Wildman–Crippen MR) is 109 cm³/mol. The van der Waals surface area contributed by atoms with Gasteiger partial charge in [0.05, 0.1) is 11.0 Å². The molecule has 0 bridgehead atoms. The molecule has 9 nitrogen and oxygen atoms in total. The first kappa shape index (κ1) is 20.3. The molecular weight excluding hydrogens is 388 g/mol. The van der Waals surface area contributed by atoms with Crippen molar-refractivity contribution in [1.29, 1.82) is 0 Å². The van der Waals surface area contributed by atoms with Crippen molar-refractivity contribution < 1.29 is 19.3 Å². The number of nitro groups is 1. The number of rotatable bonds is 4. The summed E-state index contributed by atoms with van der Waals surface area (Å²) in [5.74, 6) is -1.06. The smallest absolute Gasteiger partial charge is 0.330 e. The number of hydrogen-bond acceptors (Lipinski definition) is 6. The number of fused-ring (bicyclic) bond motifs is 4. The SMILES string of the molecule is CCCCN1C(=O)NC(=O)[C@]2(Cc3cc([N+](=O)[O-])ccc3N3CCCCC[C@H]32)C1=O. The predicted octanol–water partition coefficient (Wildman–Crippen LogP) is 2.76. The zero-order valence-corrected chi connectivity index (χ0v) is 17.1. The number of carbonyl (C=O) groups excluding carboxylic acids is 3. The Bertz CT molecular complexity index is 917. The van der Waals surface area contributed by atoms with Crippen LogP contribution in [0.15, 0.2) is 18.2 Å². The summed E-state index contributed by atoms with van der Waals surface area (Å²) >= 11 is 0. The first-order valence-electron chi connectivity index (χ1n) is 10.6. The highest BCUT2D eigenvalue weighted by Crippen LogP contribution is 2.47. The van der Waals surface area contributed by atoms with Crippen LogP contribution in [0.4, 0.5) is 16.2 Å². The summed E-state index contributed by atoms with van der Waals surface area (Å²) in [6.07, 6.45) is 4.96. The fourth-order valence-electron chi connectivity index (χ4n) is 5.11. The molecule has 0 radical (unpaired) electrons. The molecule has 160 valence electrons. The summed E-state index contributed by atoms with van der Waals surface area (Å²) in [6.45, 7) is 2.89. The van der Waals surface area contributed by atoms with Gasteiger partial charge in [0, 0.05) is 37.3 Å². The van der Waals surface area contributed by atoms with Crippen molar-refractivity contribution in [3.63, 3.8) is 0 Å². The van der Waals surface area contributed by atoms with Crippen molar-refractivity contribution in [2.75, 3.05) is 18.0 Å². The Labute approximate surface area is 174 Å². The summed E-state index contributed by atoms with van der Waals surface area (Å²) in [6, 6.07) is 3.61. The molecule has 2 atom stereocenters. The number of nitro benzene ring substituents is 1. The molecule has 3 heterocycles. The maximum atomic E-state index is 13.7. The lowest BCUT2D eigenvalue weighted by Crippen LogP contribution is -2.72. The molecule has 0 unspecified atom stereocenters. The van der Waals surface area contributed by atoms with Crippen molar-refractivity contribution in [1.82, 2.24) is 10.2 Å². The van der Waals surface area contributed by atoms with E-state index < -0.39 is 28.2 Å². The van der Waals surface area contributed by atoms with E-state index in [-0.39, 0.29) is 24.7 Å². The summed E-state index contributed by atoms with van der Waals surface area (Å²) in [7, 11) is 0. The average molecular weight is 414 g/mol. The van der Waals surface area contributed by atoms with Crippen LogP contribution in [0.1, 0.15) is 51.0 Å². The van der Waals surface area contributed by atoms with Crippen LogP contribution in [0.2, 0.25) is 0 Å². The average Bonchev–Trinajstić information content (AvgIpc) is 2.98. The summed E-state index contributed by atoms with van der Waals surface area (Å²) in [5, 5.41) is 13.7. The molecule has 0 aliphatic carbocycles. The van der Waals surface area contributed by atoms with Crippen molar-refractivity contribution >= 4 is 29.2 Å². The standard InChI is InChI=1S/C21H26N4O5/c1-2-3-10-24-19(27)21(18(26)22-20(24)28)13-14-12-15(25(29)30)8-9-16(14)23-11-6-4-5-7-17(21)23/h8-9,12,17H,2-7,10-11,13H2,1H3,(H,22,26,28)/t17-,21+/m0/s1. The van der Waals surface area contributed by atoms with Gasteiger partial charge in [-0.3, -0.25) is 29.9 Å². The lowest BCUT2D eigenvalue weighted by Gasteiger charge is -2.51. The van der Waals surface area contributed by atoms with Gasteiger partial charge in [0.1, 0.15) is 0 Å². The number of anilines is 1. The van der Waals surface area contributed by atoms with Crippen LogP contribution in [-0.2, 0) is 16.0 Å². The molecule has 2 saturated heterocycles. The van der Waals surface area contributed by atoms with Gasteiger partial charge in [0.2, 0.25) is 11.8 Å². The molecule has 9 heteroatoms. The van der Waals surface area contributed by atoms with E-state index in [1.165, 1.54) is 12.1 Å². The van der Waals surface area contributed by atoms with E-state index in [4.69, 9.17) is 0 Å². The monoisotopic (exact) mass is 414 g/mol. The lowest BCUT2D eigenvalue weighted by molar-refractivity contribution is -0.384. The zero-order chi connectivity index (χ0) is 21.5. The fraction of sp³-hybridized carbons (Fsp3) is 0.571. The van der Waals surface area contributed by atoms with Gasteiger partial charge in [-0.05, 0) is 30.9 Å². The molecule has 2 fully saturated rings. The molecule has 1 N–H and O–H groups in total. The molecule has 0 aromatic heterocycles. The number of nitrogens with zero attached hydrogens (tertiary/aromatic N) is 3. The number of amides is 4. The van der Waals surface area contributed by atoms with E-state index in [2.05, 4.69) is 10.2 Å². The van der Waals surface area contributed by atoms with E-state index in [0.717, 1.165) is 36.3 Å². The highest BCUT2D eigenvalue weighted by molar-refractivity contribution is 6.20. The van der Waals surface area contributed by atoms with Crippen molar-refractivity contribution in [3.8, 4) is 0 Å². The molecule has 1 aromatic carbocycles. The van der Waals surface area contributed by atoms with Gasteiger partial charge in [-0.15, -0.1) is 0 Å². The number of urea groups is 1. The molecule has 3 aliphatic rings. The van der Waals surface area contributed by atoms with Crippen LogP contribution < -0.4 is 10.2 Å². The highest BCUT2D eigenvalue weighted by atomic mass is 16.6. The van der Waals surface area contributed by atoms with E-state index in [1.807, 2.05) is 6.92 Å². The molecule has 30 heavy (non-hydrogen) atoms. The van der Waals surface area contributed by atoms with E-state index in [0.29, 0.717) is 24.9 Å². The molecule has 1 aromatic rings. The Morgan fingerprint density at radius 2 is 2.03 bits per heavy atom. The summed E-state index contributed by atoms with van der Waals surface area (Å²) in [4.78, 5) is 53.5. The second kappa shape index (κ2) is 7.70. The second-order valence-electron chi connectivity index (χ2n) is 8.35. The van der Waals surface area contributed by atoms with Crippen LogP contribution in [0.3, 0.4) is 0 Å². The van der Waals surface area contributed by atoms with Crippen molar-refractivity contribution in [2.24, 2.45) is 5.41 Å². The second-order valence-corrected chi connectivity index (χ2v) is 8.35. The van der Waals surface area contributed by atoms with Gasteiger partial charge in [0.25, 0.3) is 5.69 Å².